The molecule has 1 unspecified atom stereocenters. The fraction of sp³-hybridized carbons (Fsp3) is 1.00. The van der Waals surface area contributed by atoms with Crippen LogP contribution < -0.4 is 5.73 Å². The van der Waals surface area contributed by atoms with Gasteiger partial charge in [-0.05, 0) is 51.0 Å². The quantitative estimate of drug-likeness (QED) is 0.695. The highest BCUT2D eigenvalue weighted by molar-refractivity contribution is 4.83. The minimum absolute atomic E-state index is 0.494. The van der Waals surface area contributed by atoms with Crippen LogP contribution in [0.25, 0.3) is 0 Å². The zero-order valence-electron chi connectivity index (χ0n) is 9.41. The maximum Gasteiger partial charge on any atom is 0.00965 e. The van der Waals surface area contributed by atoms with Crippen LogP contribution in [0.2, 0.25) is 0 Å². The Morgan fingerprint density at radius 1 is 1.07 bits per heavy atom. The molecule has 14 heavy (non-hydrogen) atoms. The lowest BCUT2D eigenvalue weighted by molar-refractivity contribution is 0.100. The van der Waals surface area contributed by atoms with Gasteiger partial charge < -0.3 is 10.6 Å². The van der Waals surface area contributed by atoms with Gasteiger partial charge in [-0.25, -0.2) is 0 Å². The van der Waals surface area contributed by atoms with E-state index in [0.717, 1.165) is 12.0 Å². The second-order valence-corrected chi connectivity index (χ2v) is 5.31. The Morgan fingerprint density at radius 3 is 2.43 bits per heavy atom. The summed E-state index contributed by atoms with van der Waals surface area (Å²) in [5.41, 5.74) is 5.94. The third-order valence-electron chi connectivity index (χ3n) is 3.95. The Morgan fingerprint density at radius 2 is 1.79 bits per heavy atom. The van der Waals surface area contributed by atoms with Crippen LogP contribution in [-0.4, -0.2) is 30.1 Å². The summed E-state index contributed by atoms with van der Waals surface area (Å²) in [6, 6.07) is 1.35. The average molecular weight is 196 g/mol. The highest BCUT2D eigenvalue weighted by Crippen LogP contribution is 2.26. The molecular weight excluding hydrogens is 172 g/mol. The lowest BCUT2D eigenvalue weighted by atomic mass is 9.88. The number of nitrogens with zero attached hydrogens (tertiary/aromatic N) is 1. The van der Waals surface area contributed by atoms with Crippen molar-refractivity contribution in [1.82, 2.24) is 4.90 Å². The first kappa shape index (κ1) is 10.4. The Bertz CT molecular complexity index is 173. The molecule has 0 aromatic heterocycles. The van der Waals surface area contributed by atoms with Crippen LogP contribution in [0.3, 0.4) is 0 Å². The van der Waals surface area contributed by atoms with Gasteiger partial charge in [-0.1, -0.05) is 6.92 Å². The number of rotatable bonds is 1. The number of likely N-dealkylation sites (tertiary alicyclic amines) is 1. The maximum atomic E-state index is 5.94. The van der Waals surface area contributed by atoms with Gasteiger partial charge in [0.1, 0.15) is 0 Å². The second-order valence-electron chi connectivity index (χ2n) is 5.31. The van der Waals surface area contributed by atoms with Gasteiger partial charge in [0.2, 0.25) is 0 Å². The summed E-state index contributed by atoms with van der Waals surface area (Å²) < 4.78 is 0. The largest absolute Gasteiger partial charge is 0.328 e. The smallest absolute Gasteiger partial charge is 0.00965 e. The molecule has 2 aliphatic rings. The van der Waals surface area contributed by atoms with E-state index < -0.39 is 0 Å². The van der Waals surface area contributed by atoms with Gasteiger partial charge in [0.05, 0.1) is 0 Å². The molecule has 82 valence electrons. The van der Waals surface area contributed by atoms with Crippen LogP contribution >= 0.6 is 0 Å². The van der Waals surface area contributed by atoms with E-state index in [1.807, 2.05) is 0 Å². The van der Waals surface area contributed by atoms with Crippen molar-refractivity contribution in [2.24, 2.45) is 11.7 Å². The topological polar surface area (TPSA) is 29.3 Å². The zero-order valence-corrected chi connectivity index (χ0v) is 9.41. The molecule has 1 heterocycles. The first-order chi connectivity index (χ1) is 6.75. The number of piperidine rings is 1. The predicted octanol–water partition coefficient (Wildman–Crippen LogP) is 1.99. The van der Waals surface area contributed by atoms with Crippen LogP contribution in [0, 0.1) is 5.92 Å². The van der Waals surface area contributed by atoms with Crippen molar-refractivity contribution in [1.29, 1.82) is 0 Å². The van der Waals surface area contributed by atoms with Crippen molar-refractivity contribution in [3.63, 3.8) is 0 Å². The highest BCUT2D eigenvalue weighted by atomic mass is 15.2. The molecule has 1 aliphatic heterocycles. The normalized spacial score (nSPS) is 41.1. The molecule has 2 nitrogen and oxygen atoms in total. The summed E-state index contributed by atoms with van der Waals surface area (Å²) in [5.74, 6) is 0.916. The van der Waals surface area contributed by atoms with E-state index in [1.54, 1.807) is 0 Å². The molecule has 1 atom stereocenters. The molecule has 0 aromatic carbocycles. The van der Waals surface area contributed by atoms with E-state index >= 15 is 0 Å². The summed E-state index contributed by atoms with van der Waals surface area (Å²) in [6.07, 6.45) is 8.01. The summed E-state index contributed by atoms with van der Waals surface area (Å²) in [5, 5.41) is 0. The van der Waals surface area contributed by atoms with Crippen LogP contribution in [-0.2, 0) is 0 Å². The van der Waals surface area contributed by atoms with Crippen molar-refractivity contribution >= 4 is 0 Å². The van der Waals surface area contributed by atoms with Gasteiger partial charge in [-0.15, -0.1) is 0 Å². The van der Waals surface area contributed by atoms with E-state index in [0.29, 0.717) is 6.04 Å². The molecule has 2 heteroatoms. The lowest BCUT2D eigenvalue weighted by Gasteiger charge is -2.40. The molecule has 1 aliphatic carbocycles. The van der Waals surface area contributed by atoms with Gasteiger partial charge in [0, 0.05) is 18.6 Å². The Labute approximate surface area is 87.8 Å². The average Bonchev–Trinajstić information content (AvgIpc) is 2.19. The molecule has 0 aromatic rings. The first-order valence-corrected chi connectivity index (χ1v) is 6.25. The van der Waals surface area contributed by atoms with Gasteiger partial charge >= 0.3 is 0 Å². The van der Waals surface area contributed by atoms with Crippen molar-refractivity contribution in [3.05, 3.63) is 0 Å². The summed E-state index contributed by atoms with van der Waals surface area (Å²) >= 11 is 0. The predicted molar refractivity (Wildman–Crippen MR) is 60.2 cm³/mol. The van der Waals surface area contributed by atoms with Crippen molar-refractivity contribution in [3.8, 4) is 0 Å². The summed E-state index contributed by atoms with van der Waals surface area (Å²) in [6.45, 7) is 5.06. The third kappa shape index (κ3) is 2.48. The molecule has 0 bridgehead atoms. The highest BCUT2D eigenvalue weighted by Gasteiger charge is 2.26. The number of nitrogens with two attached hydrogens (primary N) is 1. The molecule has 1 saturated carbocycles. The van der Waals surface area contributed by atoms with Gasteiger partial charge in [0.25, 0.3) is 0 Å². The van der Waals surface area contributed by atoms with Gasteiger partial charge in [-0.3, -0.25) is 0 Å². The molecule has 2 N–H and O–H groups in total. The Kier molecular flexibility index (Phi) is 3.45. The van der Waals surface area contributed by atoms with E-state index in [9.17, 15) is 0 Å². The SMILES string of the molecule is CC1CCCN(C2CCC(N)CC2)C1. The van der Waals surface area contributed by atoms with Crippen LogP contribution in [0.15, 0.2) is 0 Å². The molecule has 0 amide bonds. The molecule has 2 fully saturated rings. The number of hydrogen-bond donors (Lipinski definition) is 1. The molecular formula is C12H24N2. The molecule has 1 saturated heterocycles. The van der Waals surface area contributed by atoms with Crippen molar-refractivity contribution in [2.75, 3.05) is 13.1 Å². The lowest BCUT2D eigenvalue weighted by Crippen LogP contribution is -2.45. The maximum absolute atomic E-state index is 5.94. The minimum atomic E-state index is 0.494. The molecule has 0 spiro atoms. The standard InChI is InChI=1S/C12H24N2/c1-10-3-2-8-14(9-10)12-6-4-11(13)5-7-12/h10-12H,2-9,13H2,1H3. The van der Waals surface area contributed by atoms with Crippen molar-refractivity contribution in [2.45, 2.75) is 57.5 Å². The Hall–Kier alpha value is -0.0800. The molecule has 0 radical (unpaired) electrons. The minimum Gasteiger partial charge on any atom is -0.328 e. The number of hydrogen-bond acceptors (Lipinski definition) is 2. The fourth-order valence-electron chi connectivity index (χ4n) is 3.02. The summed E-state index contributed by atoms with van der Waals surface area (Å²) in [7, 11) is 0. The van der Waals surface area contributed by atoms with Crippen LogP contribution in [0.4, 0.5) is 0 Å². The van der Waals surface area contributed by atoms with E-state index in [1.165, 1.54) is 51.6 Å². The van der Waals surface area contributed by atoms with E-state index in [4.69, 9.17) is 5.73 Å². The fourth-order valence-corrected chi connectivity index (χ4v) is 3.02. The Balaban J connectivity index is 1.82. The van der Waals surface area contributed by atoms with Gasteiger partial charge in [0.15, 0.2) is 0 Å². The second kappa shape index (κ2) is 4.63. The van der Waals surface area contributed by atoms with Crippen LogP contribution in [0.5, 0.6) is 0 Å². The van der Waals surface area contributed by atoms with Gasteiger partial charge in [-0.2, -0.15) is 0 Å². The monoisotopic (exact) mass is 196 g/mol. The molecule has 2 rings (SSSR count). The van der Waals surface area contributed by atoms with Crippen molar-refractivity contribution < 1.29 is 0 Å². The zero-order chi connectivity index (χ0) is 9.97. The summed E-state index contributed by atoms with van der Waals surface area (Å²) in [4.78, 5) is 2.72. The first-order valence-electron chi connectivity index (χ1n) is 6.25. The van der Waals surface area contributed by atoms with E-state index in [-0.39, 0.29) is 0 Å². The van der Waals surface area contributed by atoms with E-state index in [2.05, 4.69) is 11.8 Å². The van der Waals surface area contributed by atoms with Crippen LogP contribution in [0.1, 0.15) is 45.4 Å². The third-order valence-corrected chi connectivity index (χ3v) is 3.95.